The van der Waals surface area contributed by atoms with Crippen molar-refractivity contribution in [2.24, 2.45) is 0 Å². The fourth-order valence-electron chi connectivity index (χ4n) is 7.97. The highest BCUT2D eigenvalue weighted by molar-refractivity contribution is 6.76. The molecule has 0 saturated carbocycles. The molecule has 2 aromatic rings. The first-order valence-corrected chi connectivity index (χ1v) is 28.7. The number of ether oxygens (including phenoxy) is 5. The van der Waals surface area contributed by atoms with Crippen LogP contribution in [-0.2, 0) is 19.1 Å². The lowest BCUT2D eigenvalue weighted by molar-refractivity contribution is -0.124. The van der Waals surface area contributed by atoms with Gasteiger partial charge < -0.3 is 43.7 Å². The average Bonchev–Trinajstić information content (AvgIpc) is 3.75. The Morgan fingerprint density at radius 1 is 0.617 bits per heavy atom. The van der Waals surface area contributed by atoms with Gasteiger partial charge >= 0.3 is 0 Å². The molecule has 4 atom stereocenters. The number of hydrogen-bond donors (Lipinski definition) is 2. The van der Waals surface area contributed by atoms with Gasteiger partial charge in [-0.3, -0.25) is 29.0 Å². The second-order valence-corrected chi connectivity index (χ2v) is 30.1. The van der Waals surface area contributed by atoms with Crippen LogP contribution in [0.4, 0.5) is 11.4 Å². The SMILES string of the molecule is COc1cc2c(cc1OCCCCCOc1cc3c(cc1C)C(=O)N1C[C@H](O)C[C@H]1C(=O)N3COCC[Si](C)(C)C)N(COCC[Si](C)(C)C)C(=O)[C@@H]1C[C@@H](O)CN1C2=O. The topological polar surface area (TPSA) is 168 Å². The average molecular weight is 869 g/mol. The highest BCUT2D eigenvalue weighted by Crippen LogP contribution is 2.41. The molecular formula is C43H64N4O11Si2. The van der Waals surface area contributed by atoms with Crippen LogP contribution in [0, 0.1) is 6.92 Å². The third kappa shape index (κ3) is 10.5. The maximum Gasteiger partial charge on any atom is 0.256 e. The fourth-order valence-corrected chi connectivity index (χ4v) is 9.49. The Morgan fingerprint density at radius 3 is 1.53 bits per heavy atom. The molecule has 4 aliphatic heterocycles. The van der Waals surface area contributed by atoms with E-state index in [1.807, 2.05) is 6.92 Å². The molecule has 15 nitrogen and oxygen atoms in total. The molecule has 2 N–H and O–H groups in total. The van der Waals surface area contributed by atoms with Gasteiger partial charge in [0.25, 0.3) is 23.6 Å². The Kier molecular flexibility index (Phi) is 14.4. The molecule has 0 radical (unpaired) electrons. The van der Waals surface area contributed by atoms with Crippen molar-refractivity contribution in [3.8, 4) is 17.2 Å². The summed E-state index contributed by atoms with van der Waals surface area (Å²) >= 11 is 0. The minimum atomic E-state index is -1.39. The van der Waals surface area contributed by atoms with E-state index in [4.69, 9.17) is 23.7 Å². The number of rotatable bonds is 19. The molecular weight excluding hydrogens is 805 g/mol. The number of methoxy groups -OCH3 is 1. The molecule has 2 saturated heterocycles. The normalized spacial score (nSPS) is 21.8. The van der Waals surface area contributed by atoms with Gasteiger partial charge in [-0.2, -0.15) is 0 Å². The number of aliphatic hydroxyl groups excluding tert-OH is 2. The van der Waals surface area contributed by atoms with Crippen LogP contribution in [0.2, 0.25) is 51.4 Å². The van der Waals surface area contributed by atoms with Gasteiger partial charge in [0.2, 0.25) is 0 Å². The number of hydrogen-bond acceptors (Lipinski definition) is 11. The maximum atomic E-state index is 13.9. The molecule has 2 fully saturated rings. The summed E-state index contributed by atoms with van der Waals surface area (Å²) in [6.07, 6.45) is 0.941. The number of carbonyl (C=O) groups excluding carboxylic acids is 4. The zero-order valence-electron chi connectivity index (χ0n) is 36.6. The molecule has 0 aliphatic carbocycles. The van der Waals surface area contributed by atoms with Gasteiger partial charge in [-0.1, -0.05) is 39.3 Å². The highest BCUT2D eigenvalue weighted by atomic mass is 28.3. The summed E-state index contributed by atoms with van der Waals surface area (Å²) in [6.45, 7) is 17.3. The minimum absolute atomic E-state index is 0.00176. The molecule has 17 heteroatoms. The number of anilines is 2. The zero-order valence-corrected chi connectivity index (χ0v) is 38.6. The molecule has 0 aromatic heterocycles. The quantitative estimate of drug-likeness (QED) is 0.143. The van der Waals surface area contributed by atoms with Crippen LogP contribution in [0.1, 0.15) is 58.4 Å². The van der Waals surface area contributed by atoms with Crippen molar-refractivity contribution in [3.05, 3.63) is 41.0 Å². The summed E-state index contributed by atoms with van der Waals surface area (Å²) < 4.78 is 30.2. The Morgan fingerprint density at radius 2 is 1.07 bits per heavy atom. The molecule has 330 valence electrons. The summed E-state index contributed by atoms with van der Waals surface area (Å²) in [4.78, 5) is 61.3. The molecule has 6 rings (SSSR count). The predicted molar refractivity (Wildman–Crippen MR) is 233 cm³/mol. The van der Waals surface area contributed by atoms with Crippen LogP contribution in [-0.4, -0.2) is 144 Å². The number of aliphatic hydroxyl groups is 2. The van der Waals surface area contributed by atoms with Crippen molar-refractivity contribution in [1.29, 1.82) is 0 Å². The van der Waals surface area contributed by atoms with Crippen molar-refractivity contribution in [2.75, 3.05) is 69.9 Å². The summed E-state index contributed by atoms with van der Waals surface area (Å²) in [7, 11) is -1.26. The molecule has 0 spiro atoms. The predicted octanol–water partition coefficient (Wildman–Crippen LogP) is 5.10. The number of carbonyl (C=O) groups is 4. The smallest absolute Gasteiger partial charge is 0.256 e. The monoisotopic (exact) mass is 868 g/mol. The van der Waals surface area contributed by atoms with Crippen molar-refractivity contribution >= 4 is 51.2 Å². The van der Waals surface area contributed by atoms with E-state index in [0.717, 1.165) is 24.1 Å². The molecule has 0 unspecified atom stereocenters. The Bertz CT molecular complexity index is 1920. The first-order valence-electron chi connectivity index (χ1n) is 21.3. The number of unbranched alkanes of at least 4 members (excludes halogenated alkanes) is 2. The molecule has 4 heterocycles. The van der Waals surface area contributed by atoms with Crippen LogP contribution in [0.5, 0.6) is 17.2 Å². The first-order chi connectivity index (χ1) is 28.4. The van der Waals surface area contributed by atoms with E-state index in [1.165, 1.54) is 26.7 Å². The third-order valence-corrected chi connectivity index (χ3v) is 14.9. The highest BCUT2D eigenvalue weighted by Gasteiger charge is 2.47. The Hall–Kier alpha value is -4.01. The molecule has 2 aromatic carbocycles. The van der Waals surface area contributed by atoms with E-state index < -0.39 is 40.4 Å². The van der Waals surface area contributed by atoms with E-state index in [1.54, 1.807) is 24.3 Å². The standard InChI is InChI=1S/C43H64N4O11Si2/c1-28-18-31-33(46(26-55-14-16-59(3,4)5)42(52)35-19-29(48)24-44(35)40(31)50)22-37(28)57-12-10-9-11-13-58-39-23-34-32(21-38(39)54-2)41(51)45-25-30(49)20-36(45)43(53)47(34)27-56-15-17-60(6,7)8/h18,21-23,29-30,35-36,48-49H,9-17,19-20,24-27H2,1-8H3/t29-,30-,35+,36+/m1/s1. The van der Waals surface area contributed by atoms with Gasteiger partial charge in [0, 0.05) is 67.4 Å². The lowest BCUT2D eigenvalue weighted by Crippen LogP contribution is -2.45. The van der Waals surface area contributed by atoms with Gasteiger partial charge in [-0.05, 0) is 56.0 Å². The zero-order chi connectivity index (χ0) is 43.5. The lowest BCUT2D eigenvalue weighted by Gasteiger charge is -2.26. The Balaban J connectivity index is 1.09. The van der Waals surface area contributed by atoms with Crippen LogP contribution in [0.15, 0.2) is 24.3 Å². The van der Waals surface area contributed by atoms with E-state index in [2.05, 4.69) is 39.3 Å². The van der Waals surface area contributed by atoms with Crippen LogP contribution < -0.4 is 24.0 Å². The van der Waals surface area contributed by atoms with Gasteiger partial charge in [0.05, 0.1) is 55.0 Å². The molecule has 0 bridgehead atoms. The molecule has 4 amide bonds. The first kappa shape index (κ1) is 45.5. The fraction of sp³-hybridized carbons (Fsp3) is 0.628. The molecule has 4 aliphatic rings. The van der Waals surface area contributed by atoms with E-state index in [0.29, 0.717) is 73.5 Å². The summed E-state index contributed by atoms with van der Waals surface area (Å²) in [6, 6.07) is 7.12. The van der Waals surface area contributed by atoms with Crippen molar-refractivity contribution in [1.82, 2.24) is 9.80 Å². The van der Waals surface area contributed by atoms with Crippen molar-refractivity contribution in [2.45, 2.75) is 115 Å². The van der Waals surface area contributed by atoms with Gasteiger partial charge in [0.1, 0.15) is 31.3 Å². The maximum absolute atomic E-state index is 13.9. The van der Waals surface area contributed by atoms with Gasteiger partial charge in [0.15, 0.2) is 11.5 Å². The van der Waals surface area contributed by atoms with Crippen LogP contribution in [0.3, 0.4) is 0 Å². The lowest BCUT2D eigenvalue weighted by atomic mass is 10.1. The van der Waals surface area contributed by atoms with Crippen molar-refractivity contribution < 1.29 is 53.1 Å². The van der Waals surface area contributed by atoms with Crippen molar-refractivity contribution in [3.63, 3.8) is 0 Å². The van der Waals surface area contributed by atoms with E-state index >= 15 is 0 Å². The minimum Gasteiger partial charge on any atom is -0.493 e. The van der Waals surface area contributed by atoms with Crippen LogP contribution >= 0.6 is 0 Å². The number of aryl methyl sites for hydroxylation is 1. The molecule has 60 heavy (non-hydrogen) atoms. The van der Waals surface area contributed by atoms with Gasteiger partial charge in [-0.15, -0.1) is 0 Å². The van der Waals surface area contributed by atoms with E-state index in [-0.39, 0.29) is 68.6 Å². The third-order valence-electron chi connectivity index (χ3n) is 11.5. The summed E-state index contributed by atoms with van der Waals surface area (Å²) in [5.74, 6) is 0.115. The number of nitrogens with zero attached hydrogens (tertiary/aromatic N) is 4. The number of amides is 4. The van der Waals surface area contributed by atoms with Gasteiger partial charge in [-0.25, -0.2) is 0 Å². The summed E-state index contributed by atoms with van der Waals surface area (Å²) in [5.41, 5.74) is 2.27. The second-order valence-electron chi connectivity index (χ2n) is 18.9. The van der Waals surface area contributed by atoms with Crippen LogP contribution in [0.25, 0.3) is 0 Å². The van der Waals surface area contributed by atoms with E-state index in [9.17, 15) is 29.4 Å². The number of fused-ring (bicyclic) bond motifs is 4. The largest absolute Gasteiger partial charge is 0.493 e. The number of benzene rings is 2. The second kappa shape index (κ2) is 18.9. The Labute approximate surface area is 355 Å². The summed E-state index contributed by atoms with van der Waals surface area (Å²) in [5, 5.41) is 20.8.